The van der Waals surface area contributed by atoms with Crippen LogP contribution in [0.4, 0.5) is 0 Å². The van der Waals surface area contributed by atoms with E-state index >= 15 is 0 Å². The van der Waals surface area contributed by atoms with Crippen molar-refractivity contribution in [2.75, 3.05) is 0 Å². The van der Waals surface area contributed by atoms with E-state index in [9.17, 15) is 0 Å². The molecule has 5 heterocycles. The van der Waals surface area contributed by atoms with Crippen LogP contribution in [0.1, 0.15) is 0 Å². The lowest BCUT2D eigenvalue weighted by molar-refractivity contribution is 1.14. The first-order valence-electron chi connectivity index (χ1n) is 18.2. The van der Waals surface area contributed by atoms with Gasteiger partial charge in [0.1, 0.15) is 0 Å². The highest BCUT2D eigenvalue weighted by Gasteiger charge is 2.42. The van der Waals surface area contributed by atoms with Crippen LogP contribution in [0.2, 0.25) is 0 Å². The molecule has 3 aromatic heterocycles. The SMILES string of the molecule is c1ccc(-c2cc3c4c(c2)c2ccccc2n4-c2cccc4c2B3c2cc3c5ccccc5n(-c5ccccc5)c3c3c5ccccc5n-4c23)cc1. The van der Waals surface area contributed by atoms with Gasteiger partial charge in [0.15, 0.2) is 0 Å². The molecule has 8 aromatic carbocycles. The van der Waals surface area contributed by atoms with E-state index in [1.54, 1.807) is 0 Å². The molecule has 0 bridgehead atoms. The number of aromatic nitrogens is 3. The zero-order valence-corrected chi connectivity index (χ0v) is 28.1. The van der Waals surface area contributed by atoms with Crippen LogP contribution in [-0.2, 0) is 0 Å². The van der Waals surface area contributed by atoms with Crippen LogP contribution in [-0.4, -0.2) is 20.4 Å². The predicted octanol–water partition coefficient (Wildman–Crippen LogP) is 9.79. The van der Waals surface area contributed by atoms with E-state index in [1.165, 1.54) is 110 Å². The summed E-state index contributed by atoms with van der Waals surface area (Å²) in [6.45, 7) is 0.0525. The summed E-state index contributed by atoms with van der Waals surface area (Å²) in [7, 11) is 0. The molecule has 0 fully saturated rings. The lowest BCUT2D eigenvalue weighted by Gasteiger charge is -2.34. The van der Waals surface area contributed by atoms with Gasteiger partial charge in [-0.1, -0.05) is 121 Å². The number of hydrogen-bond acceptors (Lipinski definition) is 0. The van der Waals surface area contributed by atoms with Crippen LogP contribution in [0.15, 0.2) is 170 Å². The fourth-order valence-electron chi connectivity index (χ4n) is 10.1. The minimum absolute atomic E-state index is 0.0525. The first-order valence-corrected chi connectivity index (χ1v) is 18.2. The Morgan fingerprint density at radius 1 is 0.346 bits per heavy atom. The Labute approximate surface area is 299 Å². The molecular weight excluding hydrogens is 629 g/mol. The molecule has 238 valence electrons. The fraction of sp³-hybridized carbons (Fsp3) is 0. The zero-order valence-electron chi connectivity index (χ0n) is 28.1. The normalized spacial score (nSPS) is 13.0. The van der Waals surface area contributed by atoms with Crippen molar-refractivity contribution in [2.24, 2.45) is 0 Å². The molecule has 4 heteroatoms. The number of hydrogen-bond donors (Lipinski definition) is 0. The molecule has 52 heavy (non-hydrogen) atoms. The lowest BCUT2D eigenvalue weighted by atomic mass is 9.34. The Balaban J connectivity index is 1.28. The van der Waals surface area contributed by atoms with Gasteiger partial charge in [-0.25, -0.2) is 0 Å². The third-order valence-electron chi connectivity index (χ3n) is 12.0. The minimum atomic E-state index is 0.0525. The first-order chi connectivity index (χ1) is 25.8. The summed E-state index contributed by atoms with van der Waals surface area (Å²) in [6, 6.07) is 63.2. The largest absolute Gasteiger partial charge is 0.310 e. The topological polar surface area (TPSA) is 14.8 Å². The van der Waals surface area contributed by atoms with Crippen LogP contribution in [0.3, 0.4) is 0 Å². The lowest BCUT2D eigenvalue weighted by Crippen LogP contribution is -2.59. The number of para-hydroxylation sites is 4. The molecule has 2 aliphatic rings. The number of nitrogens with zero attached hydrogens (tertiary/aromatic N) is 3. The molecule has 0 aliphatic carbocycles. The second-order valence-electron chi connectivity index (χ2n) is 14.4. The van der Waals surface area contributed by atoms with E-state index in [0.717, 1.165) is 0 Å². The molecule has 2 aliphatic heterocycles. The van der Waals surface area contributed by atoms with Crippen LogP contribution in [0.25, 0.3) is 93.6 Å². The molecule has 0 saturated carbocycles. The van der Waals surface area contributed by atoms with Gasteiger partial charge in [0.05, 0.1) is 27.6 Å². The van der Waals surface area contributed by atoms with E-state index in [-0.39, 0.29) is 6.71 Å². The summed E-state index contributed by atoms with van der Waals surface area (Å²) in [5.74, 6) is 0. The average molecular weight is 658 g/mol. The van der Waals surface area contributed by atoms with Crippen molar-refractivity contribution in [1.29, 1.82) is 0 Å². The van der Waals surface area contributed by atoms with Gasteiger partial charge >= 0.3 is 0 Å². The molecule has 13 rings (SSSR count). The van der Waals surface area contributed by atoms with E-state index < -0.39 is 0 Å². The van der Waals surface area contributed by atoms with Gasteiger partial charge in [0.25, 0.3) is 6.71 Å². The highest BCUT2D eigenvalue weighted by atomic mass is 15.0. The molecule has 0 unspecified atom stereocenters. The second kappa shape index (κ2) is 9.51. The maximum atomic E-state index is 2.58. The quantitative estimate of drug-likeness (QED) is 0.165. The highest BCUT2D eigenvalue weighted by Crippen LogP contribution is 2.44. The van der Waals surface area contributed by atoms with Crippen molar-refractivity contribution >= 4 is 88.5 Å². The molecule has 0 saturated heterocycles. The molecule has 0 radical (unpaired) electrons. The van der Waals surface area contributed by atoms with Crippen LogP contribution in [0.5, 0.6) is 0 Å². The van der Waals surface area contributed by atoms with Gasteiger partial charge in [0, 0.05) is 54.9 Å². The predicted molar refractivity (Wildman–Crippen MR) is 220 cm³/mol. The Bertz CT molecular complexity index is 3350. The number of rotatable bonds is 2. The Morgan fingerprint density at radius 3 is 1.60 bits per heavy atom. The summed E-state index contributed by atoms with van der Waals surface area (Å²) >= 11 is 0. The van der Waals surface area contributed by atoms with Gasteiger partial charge in [-0.15, -0.1) is 0 Å². The van der Waals surface area contributed by atoms with Crippen molar-refractivity contribution in [2.45, 2.75) is 0 Å². The summed E-state index contributed by atoms with van der Waals surface area (Å²) in [6.07, 6.45) is 0. The molecule has 3 nitrogen and oxygen atoms in total. The second-order valence-corrected chi connectivity index (χ2v) is 14.4. The third-order valence-corrected chi connectivity index (χ3v) is 12.0. The van der Waals surface area contributed by atoms with Gasteiger partial charge in [-0.3, -0.25) is 0 Å². The van der Waals surface area contributed by atoms with E-state index in [1.807, 2.05) is 0 Å². The van der Waals surface area contributed by atoms with E-state index in [2.05, 4.69) is 184 Å². The van der Waals surface area contributed by atoms with Gasteiger partial charge in [0.2, 0.25) is 0 Å². The van der Waals surface area contributed by atoms with Gasteiger partial charge in [-0.05, 0) is 76.0 Å². The Kier molecular flexibility index (Phi) is 4.94. The zero-order chi connectivity index (χ0) is 33.7. The van der Waals surface area contributed by atoms with E-state index in [0.29, 0.717) is 0 Å². The monoisotopic (exact) mass is 657 g/mol. The summed E-state index contributed by atoms with van der Waals surface area (Å²) in [4.78, 5) is 0. The fourth-order valence-corrected chi connectivity index (χ4v) is 10.1. The van der Waals surface area contributed by atoms with Crippen LogP contribution >= 0.6 is 0 Å². The van der Waals surface area contributed by atoms with Gasteiger partial charge < -0.3 is 13.7 Å². The van der Waals surface area contributed by atoms with E-state index in [4.69, 9.17) is 0 Å². The maximum Gasteiger partial charge on any atom is 0.252 e. The number of benzene rings is 8. The standard InChI is InChI=1S/C48H28BN3/c1-3-14-29(15-4-1)30-26-35-32-18-8-11-22-40(32)51-42-24-13-25-43-45(42)49(37(27-30)46(35)51)38-28-36-33-19-7-10-21-39(33)50(31-16-5-2-6-17-31)47(36)44-34-20-9-12-23-41(34)52(43)48(38)44/h1-28H. The highest BCUT2D eigenvalue weighted by molar-refractivity contribution is 7.00. The maximum absolute atomic E-state index is 2.58. The first kappa shape index (κ1) is 27.0. The summed E-state index contributed by atoms with van der Waals surface area (Å²) in [5.41, 5.74) is 18.0. The van der Waals surface area contributed by atoms with Crippen molar-refractivity contribution in [3.05, 3.63) is 170 Å². The van der Waals surface area contributed by atoms with Crippen LogP contribution in [0, 0.1) is 0 Å². The van der Waals surface area contributed by atoms with Crippen molar-refractivity contribution in [3.8, 4) is 28.2 Å². The smallest absolute Gasteiger partial charge is 0.252 e. The molecule has 0 N–H and O–H groups in total. The molecular formula is C48H28BN3. The Morgan fingerprint density at radius 2 is 0.885 bits per heavy atom. The summed E-state index contributed by atoms with van der Waals surface area (Å²) in [5, 5.41) is 7.79. The minimum Gasteiger partial charge on any atom is -0.310 e. The third kappa shape index (κ3) is 3.16. The molecule has 0 atom stereocenters. The van der Waals surface area contributed by atoms with Crippen molar-refractivity contribution in [3.63, 3.8) is 0 Å². The number of fused-ring (bicyclic) bond motifs is 14. The van der Waals surface area contributed by atoms with Gasteiger partial charge in [-0.2, -0.15) is 0 Å². The molecule has 0 amide bonds. The molecule has 0 spiro atoms. The summed E-state index contributed by atoms with van der Waals surface area (Å²) < 4.78 is 7.63. The molecule has 11 aromatic rings. The van der Waals surface area contributed by atoms with Crippen LogP contribution < -0.4 is 16.4 Å². The van der Waals surface area contributed by atoms with Crippen molar-refractivity contribution in [1.82, 2.24) is 13.7 Å². The average Bonchev–Trinajstić information content (AvgIpc) is 3.85. The Hall–Kier alpha value is -6.78. The van der Waals surface area contributed by atoms with Crippen molar-refractivity contribution < 1.29 is 0 Å².